The van der Waals surface area contributed by atoms with Crippen molar-refractivity contribution in [3.8, 4) is 11.5 Å². The minimum absolute atomic E-state index is 0.219. The lowest BCUT2D eigenvalue weighted by molar-refractivity contribution is 0.102. The summed E-state index contributed by atoms with van der Waals surface area (Å²) in [6.45, 7) is 0. The van der Waals surface area contributed by atoms with Crippen LogP contribution in [0.5, 0.6) is 0 Å². The van der Waals surface area contributed by atoms with Gasteiger partial charge in [-0.25, -0.2) is 4.98 Å². The minimum atomic E-state index is -0.349. The monoisotopic (exact) mass is 460 g/mol. The van der Waals surface area contributed by atoms with Gasteiger partial charge in [0.15, 0.2) is 5.58 Å². The van der Waals surface area contributed by atoms with Crippen LogP contribution in [0.3, 0.4) is 0 Å². The summed E-state index contributed by atoms with van der Waals surface area (Å²) in [5.74, 6) is 0.158. The van der Waals surface area contributed by atoms with E-state index < -0.39 is 0 Å². The normalized spacial score (nSPS) is 10.9. The smallest absolute Gasteiger partial charge is 0.257 e. The molecule has 0 bridgehead atoms. The van der Waals surface area contributed by atoms with Crippen molar-refractivity contribution in [3.63, 3.8) is 0 Å². The fourth-order valence-corrected chi connectivity index (χ4v) is 3.41. The molecule has 0 aliphatic rings. The third-order valence-electron chi connectivity index (χ3n) is 3.91. The van der Waals surface area contributed by atoms with Crippen LogP contribution in [0.15, 0.2) is 69.6 Å². The highest BCUT2D eigenvalue weighted by Gasteiger charge is 2.14. The van der Waals surface area contributed by atoms with E-state index in [-0.39, 0.29) is 10.9 Å². The molecule has 3 aromatic carbocycles. The van der Waals surface area contributed by atoms with E-state index in [0.29, 0.717) is 33.3 Å². The lowest BCUT2D eigenvalue weighted by Crippen LogP contribution is -2.12. The standard InChI is InChI=1S/C20H11BrCl2N2O2/c21-12-4-1-3-11(9-12)20-25-16-10-13(7-8-17(16)27-20)24-19(26)14-5-2-6-15(22)18(14)23/h1-10H,(H,24,26). The Hall–Kier alpha value is -2.34. The summed E-state index contributed by atoms with van der Waals surface area (Å²) in [5.41, 5.74) is 3.01. The maximum atomic E-state index is 12.5. The van der Waals surface area contributed by atoms with Crippen LogP contribution in [-0.4, -0.2) is 10.9 Å². The average molecular weight is 462 g/mol. The van der Waals surface area contributed by atoms with Gasteiger partial charge in [0.2, 0.25) is 5.89 Å². The van der Waals surface area contributed by atoms with E-state index in [1.54, 1.807) is 36.4 Å². The number of nitrogens with one attached hydrogen (secondary N) is 1. The predicted molar refractivity (Wildman–Crippen MR) is 112 cm³/mol. The zero-order valence-corrected chi connectivity index (χ0v) is 16.8. The van der Waals surface area contributed by atoms with E-state index in [1.807, 2.05) is 24.3 Å². The lowest BCUT2D eigenvalue weighted by atomic mass is 10.2. The van der Waals surface area contributed by atoms with Gasteiger partial charge < -0.3 is 9.73 Å². The molecule has 1 heterocycles. The van der Waals surface area contributed by atoms with Gasteiger partial charge in [0, 0.05) is 15.7 Å². The van der Waals surface area contributed by atoms with Crippen molar-refractivity contribution in [1.29, 1.82) is 0 Å². The van der Waals surface area contributed by atoms with Crippen LogP contribution in [0.1, 0.15) is 10.4 Å². The molecule has 0 saturated heterocycles. The zero-order chi connectivity index (χ0) is 19.0. The molecule has 0 saturated carbocycles. The third-order valence-corrected chi connectivity index (χ3v) is 5.23. The summed E-state index contributed by atoms with van der Waals surface area (Å²) in [4.78, 5) is 17.0. The summed E-state index contributed by atoms with van der Waals surface area (Å²) in [6, 6.07) is 17.9. The molecular weight excluding hydrogens is 451 g/mol. The van der Waals surface area contributed by atoms with Gasteiger partial charge in [0.05, 0.1) is 15.6 Å². The maximum Gasteiger partial charge on any atom is 0.257 e. The fourth-order valence-electron chi connectivity index (χ4n) is 2.63. The van der Waals surface area contributed by atoms with Crippen LogP contribution in [-0.2, 0) is 0 Å². The quantitative estimate of drug-likeness (QED) is 0.364. The largest absolute Gasteiger partial charge is 0.436 e. The molecule has 0 aliphatic carbocycles. The van der Waals surface area contributed by atoms with Crippen LogP contribution < -0.4 is 5.32 Å². The number of hydrogen-bond donors (Lipinski definition) is 1. The van der Waals surface area contributed by atoms with Crippen LogP contribution in [0.25, 0.3) is 22.6 Å². The highest BCUT2D eigenvalue weighted by atomic mass is 79.9. The number of carbonyl (C=O) groups excluding carboxylic acids is 1. The summed E-state index contributed by atoms with van der Waals surface area (Å²) in [5, 5.41) is 3.35. The summed E-state index contributed by atoms with van der Waals surface area (Å²) in [7, 11) is 0. The van der Waals surface area contributed by atoms with Crippen molar-refractivity contribution in [3.05, 3.63) is 80.7 Å². The Morgan fingerprint density at radius 1 is 1.04 bits per heavy atom. The van der Waals surface area contributed by atoms with Crippen molar-refractivity contribution in [1.82, 2.24) is 4.98 Å². The molecule has 1 N–H and O–H groups in total. The molecule has 4 aromatic rings. The SMILES string of the molecule is O=C(Nc1ccc2oc(-c3cccc(Br)c3)nc2c1)c1cccc(Cl)c1Cl. The molecule has 4 nitrogen and oxygen atoms in total. The molecule has 0 unspecified atom stereocenters. The average Bonchev–Trinajstić information content (AvgIpc) is 3.07. The van der Waals surface area contributed by atoms with Gasteiger partial charge in [-0.05, 0) is 48.5 Å². The van der Waals surface area contributed by atoms with Crippen molar-refractivity contribution in [2.45, 2.75) is 0 Å². The molecule has 0 fully saturated rings. The maximum absolute atomic E-state index is 12.5. The van der Waals surface area contributed by atoms with Crippen LogP contribution >= 0.6 is 39.1 Å². The molecule has 0 radical (unpaired) electrons. The topological polar surface area (TPSA) is 55.1 Å². The molecule has 4 rings (SSSR count). The molecule has 134 valence electrons. The number of carbonyl (C=O) groups is 1. The predicted octanol–water partition coefficient (Wildman–Crippen LogP) is 6.82. The Morgan fingerprint density at radius 2 is 1.85 bits per heavy atom. The second-order valence-corrected chi connectivity index (χ2v) is 7.47. The van der Waals surface area contributed by atoms with E-state index in [0.717, 1.165) is 10.0 Å². The van der Waals surface area contributed by atoms with E-state index >= 15 is 0 Å². The first-order valence-corrected chi connectivity index (χ1v) is 9.48. The summed E-state index contributed by atoms with van der Waals surface area (Å²) >= 11 is 15.5. The first-order chi connectivity index (χ1) is 13.0. The molecule has 7 heteroatoms. The van der Waals surface area contributed by atoms with Crippen molar-refractivity contribution >= 4 is 61.8 Å². The Balaban J connectivity index is 1.64. The molecule has 0 spiro atoms. The van der Waals surface area contributed by atoms with Crippen LogP contribution in [0.2, 0.25) is 10.0 Å². The Labute approximate surface area is 173 Å². The first-order valence-electron chi connectivity index (χ1n) is 7.93. The summed E-state index contributed by atoms with van der Waals surface area (Å²) < 4.78 is 6.74. The highest BCUT2D eigenvalue weighted by molar-refractivity contribution is 9.10. The molecule has 1 amide bonds. The van der Waals surface area contributed by atoms with Gasteiger partial charge in [0.1, 0.15) is 5.52 Å². The Kier molecular flexibility index (Phi) is 4.91. The molecule has 0 atom stereocenters. The van der Waals surface area contributed by atoms with Gasteiger partial charge in [0.25, 0.3) is 5.91 Å². The highest BCUT2D eigenvalue weighted by Crippen LogP contribution is 2.29. The third kappa shape index (κ3) is 3.72. The van der Waals surface area contributed by atoms with E-state index in [1.165, 1.54) is 0 Å². The van der Waals surface area contributed by atoms with E-state index in [2.05, 4.69) is 26.2 Å². The Morgan fingerprint density at radius 3 is 2.67 bits per heavy atom. The second-order valence-electron chi connectivity index (χ2n) is 5.77. The number of benzene rings is 3. The number of anilines is 1. The van der Waals surface area contributed by atoms with Crippen molar-refractivity contribution in [2.24, 2.45) is 0 Å². The number of oxazole rings is 1. The minimum Gasteiger partial charge on any atom is -0.436 e. The van der Waals surface area contributed by atoms with Crippen LogP contribution in [0.4, 0.5) is 5.69 Å². The van der Waals surface area contributed by atoms with Gasteiger partial charge in [-0.15, -0.1) is 0 Å². The number of rotatable bonds is 3. The lowest BCUT2D eigenvalue weighted by Gasteiger charge is -2.07. The van der Waals surface area contributed by atoms with E-state index in [4.69, 9.17) is 27.6 Å². The van der Waals surface area contributed by atoms with E-state index in [9.17, 15) is 4.79 Å². The van der Waals surface area contributed by atoms with Gasteiger partial charge in [-0.1, -0.05) is 51.3 Å². The van der Waals surface area contributed by atoms with Crippen LogP contribution in [0, 0.1) is 0 Å². The number of amides is 1. The second kappa shape index (κ2) is 7.35. The zero-order valence-electron chi connectivity index (χ0n) is 13.7. The number of nitrogens with zero attached hydrogens (tertiary/aromatic N) is 1. The molecule has 1 aromatic heterocycles. The Bertz CT molecular complexity index is 1170. The fraction of sp³-hybridized carbons (Fsp3) is 0. The van der Waals surface area contributed by atoms with Crippen molar-refractivity contribution in [2.75, 3.05) is 5.32 Å². The molecular formula is C20H11BrCl2N2O2. The van der Waals surface area contributed by atoms with Gasteiger partial charge in [-0.2, -0.15) is 0 Å². The number of hydrogen-bond acceptors (Lipinski definition) is 3. The van der Waals surface area contributed by atoms with Gasteiger partial charge in [-0.3, -0.25) is 4.79 Å². The molecule has 0 aliphatic heterocycles. The molecule has 27 heavy (non-hydrogen) atoms. The summed E-state index contributed by atoms with van der Waals surface area (Å²) in [6.07, 6.45) is 0. The first kappa shape index (κ1) is 18.0. The number of fused-ring (bicyclic) bond motifs is 1. The number of halogens is 3. The van der Waals surface area contributed by atoms with Gasteiger partial charge >= 0.3 is 0 Å². The number of aromatic nitrogens is 1. The van der Waals surface area contributed by atoms with Crippen molar-refractivity contribution < 1.29 is 9.21 Å².